The molecule has 5 rings (SSSR count). The summed E-state index contributed by atoms with van der Waals surface area (Å²) in [6, 6.07) is 18.5. The van der Waals surface area contributed by atoms with Crippen molar-refractivity contribution in [2.24, 2.45) is 0 Å². The number of imide groups is 1. The molecule has 190 valence electrons. The van der Waals surface area contributed by atoms with E-state index in [-0.39, 0.29) is 22.6 Å². The Bertz CT molecular complexity index is 1590. The molecule has 11 heteroatoms. The minimum absolute atomic E-state index is 0.0881. The van der Waals surface area contributed by atoms with Gasteiger partial charge in [0.2, 0.25) is 0 Å². The number of rotatable bonds is 6. The average molecular weight is 514 g/mol. The van der Waals surface area contributed by atoms with E-state index >= 15 is 0 Å². The third kappa shape index (κ3) is 5.91. The molecule has 0 unspecified atom stereocenters. The summed E-state index contributed by atoms with van der Waals surface area (Å²) in [6.45, 7) is 0. The van der Waals surface area contributed by atoms with E-state index in [1.165, 1.54) is 36.4 Å². The molecule has 0 atom stereocenters. The van der Waals surface area contributed by atoms with Crippen molar-refractivity contribution in [1.82, 2.24) is 10.6 Å². The summed E-state index contributed by atoms with van der Waals surface area (Å²) in [6.07, 6.45) is 2.00. The van der Waals surface area contributed by atoms with Gasteiger partial charge in [-0.3, -0.25) is 14.9 Å². The lowest BCUT2D eigenvalue weighted by Crippen LogP contribution is -2.22. The van der Waals surface area contributed by atoms with E-state index in [9.17, 15) is 24.0 Å². The molecule has 0 bridgehead atoms. The fourth-order valence-electron chi connectivity index (χ4n) is 3.39. The summed E-state index contributed by atoms with van der Waals surface area (Å²) in [5, 5.41) is 22.2. The van der Waals surface area contributed by atoms with Gasteiger partial charge in [0.1, 0.15) is 23.0 Å². The van der Waals surface area contributed by atoms with Crippen LogP contribution in [0.5, 0.6) is 0 Å². The second-order valence-electron chi connectivity index (χ2n) is 7.76. The molecule has 1 saturated heterocycles. The van der Waals surface area contributed by atoms with Gasteiger partial charge in [-0.05, 0) is 48.5 Å². The molecule has 3 amide bonds. The summed E-state index contributed by atoms with van der Waals surface area (Å²) >= 11 is 0. The smallest absolute Gasteiger partial charge is 0.335 e. The van der Waals surface area contributed by atoms with Crippen LogP contribution in [0.3, 0.4) is 0 Å². The molecular weight excluding hydrogens is 496 g/mol. The molecule has 0 aliphatic carbocycles. The van der Waals surface area contributed by atoms with E-state index in [1.54, 1.807) is 42.5 Å². The van der Waals surface area contributed by atoms with Crippen LogP contribution in [0.2, 0.25) is 0 Å². The van der Waals surface area contributed by atoms with Gasteiger partial charge in [0, 0.05) is 17.2 Å². The van der Waals surface area contributed by atoms with Crippen LogP contribution >= 0.6 is 0 Å². The molecule has 0 saturated carbocycles. The van der Waals surface area contributed by atoms with E-state index in [0.717, 1.165) is 0 Å². The number of hydrogen-bond acceptors (Lipinski definition) is 7. The molecule has 4 aromatic rings. The molecule has 2 aromatic heterocycles. The van der Waals surface area contributed by atoms with Gasteiger partial charge in [0.25, 0.3) is 5.91 Å². The highest BCUT2D eigenvalue weighted by molar-refractivity contribution is 6.13. The number of benzene rings is 2. The largest absolute Gasteiger partial charge is 0.478 e. The zero-order chi connectivity index (χ0) is 27.2. The van der Waals surface area contributed by atoms with Crippen LogP contribution in [0, 0.1) is 0 Å². The van der Waals surface area contributed by atoms with Gasteiger partial charge in [-0.1, -0.05) is 24.3 Å². The van der Waals surface area contributed by atoms with Gasteiger partial charge in [0.05, 0.1) is 11.1 Å². The first kappa shape index (κ1) is 25.4. The summed E-state index contributed by atoms with van der Waals surface area (Å²) in [5.41, 5.74) is 1.65. The third-order valence-corrected chi connectivity index (χ3v) is 5.16. The third-order valence-electron chi connectivity index (χ3n) is 5.16. The molecule has 4 N–H and O–H groups in total. The number of urea groups is 1. The maximum Gasteiger partial charge on any atom is 0.335 e. The first-order chi connectivity index (χ1) is 18.2. The van der Waals surface area contributed by atoms with Crippen LogP contribution in [0.4, 0.5) is 4.79 Å². The minimum Gasteiger partial charge on any atom is -0.478 e. The number of nitrogens with one attached hydrogen (secondary N) is 2. The van der Waals surface area contributed by atoms with E-state index in [1.807, 2.05) is 0 Å². The molecule has 1 fully saturated rings. The molecule has 0 radical (unpaired) electrons. The average Bonchev–Trinajstić information content (AvgIpc) is 3.65. The van der Waals surface area contributed by atoms with Crippen molar-refractivity contribution >= 4 is 36.2 Å². The SMILES string of the molecule is O=C1NC(=O)/C(=C/c2ccc(-c3cccc(C(=O)O)c3)o2)N1.O=Cc1ccc(-c2cccc(C(=O)O)c2)o1. The normalized spacial score (nSPS) is 13.3. The van der Waals surface area contributed by atoms with Crippen molar-refractivity contribution in [1.29, 1.82) is 0 Å². The lowest BCUT2D eigenvalue weighted by Gasteiger charge is -1.99. The number of hydrogen-bond donors (Lipinski definition) is 4. The molecule has 11 nitrogen and oxygen atoms in total. The van der Waals surface area contributed by atoms with E-state index in [0.29, 0.717) is 34.7 Å². The summed E-state index contributed by atoms with van der Waals surface area (Å²) < 4.78 is 10.7. The molecule has 1 aliphatic heterocycles. The van der Waals surface area contributed by atoms with Crippen LogP contribution in [-0.2, 0) is 4.79 Å². The van der Waals surface area contributed by atoms with Crippen LogP contribution in [-0.4, -0.2) is 40.4 Å². The van der Waals surface area contributed by atoms with E-state index in [2.05, 4.69) is 10.6 Å². The van der Waals surface area contributed by atoms with Crippen molar-refractivity contribution in [3.8, 4) is 22.6 Å². The number of carbonyl (C=O) groups excluding carboxylic acids is 3. The fourth-order valence-corrected chi connectivity index (χ4v) is 3.39. The van der Waals surface area contributed by atoms with Gasteiger partial charge in [-0.25, -0.2) is 14.4 Å². The Morgan fingerprint density at radius 1 is 0.711 bits per heavy atom. The van der Waals surface area contributed by atoms with Crippen molar-refractivity contribution < 1.29 is 43.0 Å². The highest BCUT2D eigenvalue weighted by Gasteiger charge is 2.23. The standard InChI is InChI=1S/C15H10N2O5.C12H8O4/c18-13-11(16-15(21)17-13)7-10-4-5-12(22-10)8-2-1-3-9(6-8)14(19)20;13-7-10-4-5-11(16-10)8-2-1-3-9(6-8)12(14)15/h1-7H,(H,19,20)(H2,16,17,18,21);1-7H,(H,14,15)/b11-7-;. The lowest BCUT2D eigenvalue weighted by atomic mass is 10.1. The van der Waals surface area contributed by atoms with Gasteiger partial charge in [0.15, 0.2) is 12.0 Å². The first-order valence-corrected chi connectivity index (χ1v) is 10.9. The zero-order valence-corrected chi connectivity index (χ0v) is 19.3. The Balaban J connectivity index is 0.000000186. The second-order valence-corrected chi connectivity index (χ2v) is 7.76. The van der Waals surface area contributed by atoms with Crippen molar-refractivity contribution in [2.45, 2.75) is 0 Å². The molecule has 3 heterocycles. The van der Waals surface area contributed by atoms with Crippen molar-refractivity contribution in [2.75, 3.05) is 0 Å². The van der Waals surface area contributed by atoms with Crippen LogP contribution in [0.1, 0.15) is 37.0 Å². The number of aldehydes is 1. The highest BCUT2D eigenvalue weighted by Crippen LogP contribution is 2.25. The predicted octanol–water partition coefficient (Wildman–Crippen LogP) is 4.28. The van der Waals surface area contributed by atoms with Crippen molar-refractivity contribution in [3.63, 3.8) is 0 Å². The molecule has 1 aliphatic rings. The van der Waals surface area contributed by atoms with Crippen LogP contribution in [0.25, 0.3) is 28.7 Å². The Kier molecular flexibility index (Phi) is 7.29. The molecule has 38 heavy (non-hydrogen) atoms. The van der Waals surface area contributed by atoms with E-state index in [4.69, 9.17) is 19.0 Å². The fraction of sp³-hybridized carbons (Fsp3) is 0. The second kappa shape index (κ2) is 10.9. The van der Waals surface area contributed by atoms with Gasteiger partial charge in [-0.2, -0.15) is 0 Å². The lowest BCUT2D eigenvalue weighted by molar-refractivity contribution is -0.115. The Morgan fingerprint density at radius 2 is 1.24 bits per heavy atom. The maximum absolute atomic E-state index is 11.4. The molecule has 2 aromatic carbocycles. The highest BCUT2D eigenvalue weighted by atomic mass is 16.4. The Hall–Kier alpha value is -5.71. The van der Waals surface area contributed by atoms with Crippen LogP contribution in [0.15, 0.2) is 87.3 Å². The Morgan fingerprint density at radius 3 is 1.68 bits per heavy atom. The predicted molar refractivity (Wildman–Crippen MR) is 132 cm³/mol. The van der Waals surface area contributed by atoms with Gasteiger partial charge >= 0.3 is 18.0 Å². The summed E-state index contributed by atoms with van der Waals surface area (Å²) in [7, 11) is 0. The number of carboxylic acid groups (broad SMARTS) is 2. The topological polar surface area (TPSA) is 176 Å². The molecular formula is C27H18N2O9. The first-order valence-electron chi connectivity index (χ1n) is 10.9. The van der Waals surface area contributed by atoms with Gasteiger partial charge in [-0.15, -0.1) is 0 Å². The summed E-state index contributed by atoms with van der Waals surface area (Å²) in [4.78, 5) is 54.6. The molecule has 0 spiro atoms. The Labute approximate surface area is 214 Å². The number of furan rings is 2. The monoisotopic (exact) mass is 514 g/mol. The minimum atomic E-state index is -1.03. The number of carboxylic acids is 2. The van der Waals surface area contributed by atoms with Crippen molar-refractivity contribution in [3.05, 3.63) is 101 Å². The maximum atomic E-state index is 11.4. The van der Waals surface area contributed by atoms with E-state index < -0.39 is 23.9 Å². The number of aromatic carboxylic acids is 2. The van der Waals surface area contributed by atoms with Crippen LogP contribution < -0.4 is 10.6 Å². The quantitative estimate of drug-likeness (QED) is 0.166. The number of carbonyl (C=O) groups is 5. The summed E-state index contributed by atoms with van der Waals surface area (Å²) in [5.74, 6) is -1.04. The number of amides is 3. The zero-order valence-electron chi connectivity index (χ0n) is 19.3. The van der Waals surface area contributed by atoms with Gasteiger partial charge < -0.3 is 24.4 Å².